The van der Waals surface area contributed by atoms with E-state index in [-0.39, 0.29) is 10.6 Å². The van der Waals surface area contributed by atoms with E-state index in [1.807, 2.05) is 102 Å². The predicted molar refractivity (Wildman–Crippen MR) is 361 cm³/mol. The lowest BCUT2D eigenvalue weighted by Gasteiger charge is -2.11. The summed E-state index contributed by atoms with van der Waals surface area (Å²) in [5, 5.41) is 13.2. The Morgan fingerprint density at radius 1 is 0.390 bits per heavy atom. The maximum absolute atomic E-state index is 10.4. The van der Waals surface area contributed by atoms with E-state index >= 15 is 0 Å². The number of nitrogens with zero attached hydrogens (tertiary/aromatic N) is 2. The topological polar surface area (TPSA) is 55.6 Å². The fourth-order valence-corrected chi connectivity index (χ4v) is 8.17. The lowest BCUT2D eigenvalue weighted by Crippen LogP contribution is -2.07. The molecule has 0 unspecified atom stereocenters. The van der Waals surface area contributed by atoms with Crippen molar-refractivity contribution in [3.05, 3.63) is 308 Å². The predicted octanol–water partition coefficient (Wildman–Crippen LogP) is 22.9. The molecule has 0 aliphatic carbocycles. The molecule has 5 nitrogen and oxygen atoms in total. The molecule has 0 atom stereocenters. The van der Waals surface area contributed by atoms with Crippen LogP contribution < -0.4 is 9.64 Å². The van der Waals surface area contributed by atoms with Gasteiger partial charge in [0.2, 0.25) is 0 Å². The summed E-state index contributed by atoms with van der Waals surface area (Å²) < 4.78 is 5.44. The van der Waals surface area contributed by atoms with Gasteiger partial charge in [0.15, 0.2) is 0 Å². The molecular weight excluding hydrogens is 1090 g/mol. The number of ether oxygens (including phenoxy) is 1. The highest BCUT2D eigenvalue weighted by molar-refractivity contribution is 6.36. The van der Waals surface area contributed by atoms with Crippen LogP contribution in [0.1, 0.15) is 91.2 Å². The number of nitro benzene ring substituents is 1. The van der Waals surface area contributed by atoms with E-state index in [2.05, 4.69) is 196 Å². The minimum Gasteiger partial charge on any atom is -0.494 e. The van der Waals surface area contributed by atoms with Gasteiger partial charge in [-0.25, -0.2) is 0 Å². The molecule has 9 aromatic rings. The molecule has 0 amide bonds. The maximum Gasteiger partial charge on any atom is 0.272 e. The lowest BCUT2D eigenvalue weighted by atomic mass is 10.1. The summed E-state index contributed by atoms with van der Waals surface area (Å²) in [5.41, 5.74) is 18.4. The van der Waals surface area contributed by atoms with Gasteiger partial charge in [0, 0.05) is 51.5 Å². The SMILES string of the molecule is CCCOc1cccc(C)c1.Cc1c(Cl)cccc1Cl.Cc1cc(C)cc(C)c1.Cc1cc(Cl)cc(Cl)c1.Cc1ccc(C)c([N+](=O)[O-])c1.Cc1ccc(C)cc1.Cc1ccc(N(C)C)cc1.Cc1cccc(C)c1.Cc1ccccc1. The smallest absolute Gasteiger partial charge is 0.272 e. The van der Waals surface area contributed by atoms with Gasteiger partial charge in [-0.05, 0) is 180 Å². The molecule has 9 rings (SSSR count). The number of halogens is 4. The average molecular weight is 1180 g/mol. The number of benzene rings is 9. The number of hydrogen-bond acceptors (Lipinski definition) is 4. The highest BCUT2D eigenvalue weighted by atomic mass is 35.5. The highest BCUT2D eigenvalue weighted by Gasteiger charge is 2.08. The number of hydrogen-bond donors (Lipinski definition) is 0. The van der Waals surface area contributed by atoms with Gasteiger partial charge in [-0.2, -0.15) is 0 Å². The molecule has 0 saturated carbocycles. The Bertz CT molecular complexity index is 3000. The zero-order valence-electron chi connectivity index (χ0n) is 51.6. The van der Waals surface area contributed by atoms with Crippen LogP contribution >= 0.6 is 46.4 Å². The zero-order chi connectivity index (χ0) is 61.7. The zero-order valence-corrected chi connectivity index (χ0v) is 54.6. The van der Waals surface area contributed by atoms with Crippen molar-refractivity contribution in [2.75, 3.05) is 25.6 Å². The maximum atomic E-state index is 10.4. The first-order valence-corrected chi connectivity index (χ1v) is 28.8. The molecular formula is C73H88Cl4N2O3. The van der Waals surface area contributed by atoms with Gasteiger partial charge in [-0.15, -0.1) is 0 Å². The molecule has 9 aromatic carbocycles. The van der Waals surface area contributed by atoms with Crippen LogP contribution in [0.3, 0.4) is 0 Å². The molecule has 0 aliphatic heterocycles. The van der Waals surface area contributed by atoms with Crippen molar-refractivity contribution >= 4 is 57.8 Å². The summed E-state index contributed by atoms with van der Waals surface area (Å²) in [7, 11) is 4.09. The highest BCUT2D eigenvalue weighted by Crippen LogP contribution is 2.23. The number of aryl methyl sites for hydroxylation is 13. The molecule has 0 aromatic heterocycles. The summed E-state index contributed by atoms with van der Waals surface area (Å²) in [6.45, 7) is 31.4. The first-order valence-electron chi connectivity index (χ1n) is 27.3. The van der Waals surface area contributed by atoms with Gasteiger partial charge in [-0.3, -0.25) is 10.1 Å². The quantitative estimate of drug-likeness (QED) is 0.127. The fraction of sp³-hybridized carbons (Fsp3) is 0.260. The van der Waals surface area contributed by atoms with E-state index in [1.54, 1.807) is 25.1 Å². The molecule has 0 fully saturated rings. The summed E-state index contributed by atoms with van der Waals surface area (Å²) in [6.07, 6.45) is 1.06. The average Bonchev–Trinajstić information content (AvgIpc) is 3.42. The van der Waals surface area contributed by atoms with Crippen molar-refractivity contribution in [3.63, 3.8) is 0 Å². The van der Waals surface area contributed by atoms with Crippen molar-refractivity contribution < 1.29 is 9.66 Å². The van der Waals surface area contributed by atoms with Gasteiger partial charge in [0.05, 0.1) is 11.5 Å². The summed E-state index contributed by atoms with van der Waals surface area (Å²) in [6, 6.07) is 66.5. The van der Waals surface area contributed by atoms with Crippen LogP contribution in [0.4, 0.5) is 11.4 Å². The Morgan fingerprint density at radius 2 is 0.744 bits per heavy atom. The Hall–Kier alpha value is -6.86. The molecule has 0 radical (unpaired) electrons. The van der Waals surface area contributed by atoms with E-state index in [0.29, 0.717) is 15.6 Å². The minimum absolute atomic E-state index is 0.199. The van der Waals surface area contributed by atoms with Crippen molar-refractivity contribution in [2.24, 2.45) is 0 Å². The van der Waals surface area contributed by atoms with Crippen LogP contribution in [-0.2, 0) is 0 Å². The summed E-state index contributed by atoms with van der Waals surface area (Å²) in [4.78, 5) is 12.1. The molecule has 436 valence electrons. The van der Waals surface area contributed by atoms with Crippen molar-refractivity contribution in [1.29, 1.82) is 0 Å². The summed E-state index contributed by atoms with van der Waals surface area (Å²) >= 11 is 22.8. The molecule has 0 heterocycles. The Kier molecular flexibility index (Phi) is 36.7. The van der Waals surface area contributed by atoms with Gasteiger partial charge in [-0.1, -0.05) is 243 Å². The van der Waals surface area contributed by atoms with Crippen LogP contribution in [0, 0.1) is 107 Å². The second-order valence-electron chi connectivity index (χ2n) is 20.4. The Balaban J connectivity index is 0.000000463. The molecule has 0 aliphatic rings. The third kappa shape index (κ3) is 35.1. The third-order valence-electron chi connectivity index (χ3n) is 11.5. The lowest BCUT2D eigenvalue weighted by molar-refractivity contribution is -0.385. The number of anilines is 1. The van der Waals surface area contributed by atoms with Crippen LogP contribution in [0.25, 0.3) is 0 Å². The second kappa shape index (κ2) is 41.2. The van der Waals surface area contributed by atoms with Crippen LogP contribution in [0.5, 0.6) is 5.75 Å². The van der Waals surface area contributed by atoms with Crippen LogP contribution in [0.2, 0.25) is 20.1 Å². The van der Waals surface area contributed by atoms with Gasteiger partial charge < -0.3 is 9.64 Å². The number of nitro groups is 1. The van der Waals surface area contributed by atoms with Crippen LogP contribution in [-0.4, -0.2) is 25.6 Å². The van der Waals surface area contributed by atoms with Crippen molar-refractivity contribution in [2.45, 2.75) is 110 Å². The first kappa shape index (κ1) is 73.2. The largest absolute Gasteiger partial charge is 0.494 e. The molecule has 9 heteroatoms. The van der Waals surface area contributed by atoms with E-state index in [1.165, 1.54) is 61.3 Å². The van der Waals surface area contributed by atoms with Gasteiger partial charge >= 0.3 is 0 Å². The third-order valence-corrected chi connectivity index (χ3v) is 12.7. The molecule has 0 saturated heterocycles. The van der Waals surface area contributed by atoms with E-state index in [4.69, 9.17) is 51.1 Å². The molecule has 0 N–H and O–H groups in total. The summed E-state index contributed by atoms with van der Waals surface area (Å²) in [5.74, 6) is 0.979. The monoisotopic (exact) mass is 1180 g/mol. The second-order valence-corrected chi connectivity index (χ2v) is 22.1. The van der Waals surface area contributed by atoms with Gasteiger partial charge in [0.1, 0.15) is 5.75 Å². The fourth-order valence-electron chi connectivity index (χ4n) is 7.14. The minimum atomic E-state index is -0.359. The molecule has 82 heavy (non-hydrogen) atoms. The van der Waals surface area contributed by atoms with Crippen LogP contribution in [0.15, 0.2) is 200 Å². The number of rotatable bonds is 5. The van der Waals surface area contributed by atoms with Gasteiger partial charge in [0.25, 0.3) is 5.69 Å². The standard InChI is InChI=1S/C10H14O.C9H13N.C9H12.C8H9NO2.2C8H10.2C7H6Cl2.C7H8/c1-3-7-11-10-6-4-5-9(2)8-10;1-8-4-6-9(7-5-8)10(2)3;1-7-4-8(2)6-9(3)5-7;1-6-3-4-7(2)8(5-6)9(10)11;1-7-3-5-8(2)6-4-7;1-7-4-3-5-8(2)6-7;1-5-2-6(8)4-7(9)3-5;1-5-6(8)3-2-4-7(5)9;1-7-5-3-2-4-6-7/h4-6,8H,3,7H2,1-2H3;4-7H,1-3H3;4-6H,1-3H3;3-5H,1-2H3;2*3-6H,1-2H3;2*2-4H,1H3;2-6H,1H3. The Morgan fingerprint density at radius 3 is 1.09 bits per heavy atom. The normalized spacial score (nSPS) is 9.48. The van der Waals surface area contributed by atoms with E-state index in [9.17, 15) is 10.1 Å². The first-order chi connectivity index (χ1) is 38.7. The molecule has 0 bridgehead atoms. The van der Waals surface area contributed by atoms with E-state index in [0.717, 1.165) is 45.5 Å². The van der Waals surface area contributed by atoms with E-state index < -0.39 is 0 Å². The Labute approximate surface area is 514 Å². The molecule has 0 spiro atoms. The van der Waals surface area contributed by atoms with Crippen molar-refractivity contribution in [1.82, 2.24) is 0 Å². The van der Waals surface area contributed by atoms with Crippen molar-refractivity contribution in [3.8, 4) is 5.75 Å².